The molecule has 0 atom stereocenters. The Hall–Kier alpha value is -7.32. The van der Waals surface area contributed by atoms with E-state index in [1.807, 2.05) is 65.1 Å². The van der Waals surface area contributed by atoms with Crippen molar-refractivity contribution in [3.63, 3.8) is 0 Å². The molecular weight excluding hydrogens is 761 g/mol. The fourth-order valence-corrected chi connectivity index (χ4v) is 10.3. The molecule has 0 aliphatic heterocycles. The molecular formula is C52H30N4OS2. The number of rotatable bonds is 6. The van der Waals surface area contributed by atoms with Gasteiger partial charge in [-0.1, -0.05) is 127 Å². The summed E-state index contributed by atoms with van der Waals surface area (Å²) in [6, 6.07) is 63.5. The molecule has 0 fully saturated rings. The number of benzene rings is 8. The Kier molecular flexibility index (Phi) is 7.82. The summed E-state index contributed by atoms with van der Waals surface area (Å²) in [6.07, 6.45) is 0. The van der Waals surface area contributed by atoms with E-state index in [0.717, 1.165) is 50.0 Å². The van der Waals surface area contributed by atoms with E-state index >= 15 is 0 Å². The van der Waals surface area contributed by atoms with Crippen molar-refractivity contribution in [2.24, 2.45) is 0 Å². The van der Waals surface area contributed by atoms with E-state index in [1.165, 1.54) is 45.9 Å². The normalized spacial score (nSPS) is 11.7. The molecule has 8 aromatic carbocycles. The third kappa shape index (κ3) is 5.90. The molecule has 0 saturated heterocycles. The lowest BCUT2D eigenvalue weighted by molar-refractivity contribution is 0.620. The predicted molar refractivity (Wildman–Crippen MR) is 246 cm³/mol. The fourth-order valence-electron chi connectivity index (χ4n) is 8.03. The van der Waals surface area contributed by atoms with Gasteiger partial charge in [0.1, 0.15) is 5.52 Å². The maximum Gasteiger partial charge on any atom is 0.227 e. The van der Waals surface area contributed by atoms with Gasteiger partial charge in [-0.2, -0.15) is 0 Å². The summed E-state index contributed by atoms with van der Waals surface area (Å²) in [4.78, 5) is 20.0. The molecule has 0 saturated carbocycles. The van der Waals surface area contributed by atoms with Crippen molar-refractivity contribution < 1.29 is 4.42 Å². The molecule has 0 unspecified atom stereocenters. The highest BCUT2D eigenvalue weighted by Crippen LogP contribution is 2.42. The molecule has 4 heterocycles. The molecule has 0 N–H and O–H groups in total. The van der Waals surface area contributed by atoms with Crippen LogP contribution in [0, 0.1) is 0 Å². The lowest BCUT2D eigenvalue weighted by Crippen LogP contribution is -2.00. The molecule has 0 aliphatic rings. The molecule has 4 aromatic heterocycles. The van der Waals surface area contributed by atoms with Gasteiger partial charge in [0, 0.05) is 62.6 Å². The Labute approximate surface area is 346 Å². The number of fused-ring (bicyclic) bond motifs is 7. The average molecular weight is 791 g/mol. The summed E-state index contributed by atoms with van der Waals surface area (Å²) in [5.74, 6) is 2.56. The lowest BCUT2D eigenvalue weighted by Gasteiger charge is -2.10. The standard InChI is InChI=1S/C52H30N4OS2/c1-3-10-31(11-4-1)35-22-25-43-44(30-35)57-52(53-43)37-24-27-47-42(29-37)40-16-9-15-38(48(40)59-47)32-18-20-34(21-19-32)50-54-49(33-12-5-2-6-13-33)55-51(56-50)36-23-26-46-41(28-36)39-14-7-8-17-45(39)58-46/h1-30H. The van der Waals surface area contributed by atoms with Crippen molar-refractivity contribution in [1.29, 1.82) is 0 Å². The summed E-state index contributed by atoms with van der Waals surface area (Å²) in [5, 5.41) is 4.86. The van der Waals surface area contributed by atoms with Crippen LogP contribution in [-0.2, 0) is 0 Å². The quantitative estimate of drug-likeness (QED) is 0.168. The van der Waals surface area contributed by atoms with Gasteiger partial charge in [-0.15, -0.1) is 22.7 Å². The van der Waals surface area contributed by atoms with Crippen LogP contribution in [0.15, 0.2) is 186 Å². The van der Waals surface area contributed by atoms with Gasteiger partial charge in [-0.05, 0) is 76.9 Å². The SMILES string of the molecule is c1ccc(-c2ccc3nc(-c4ccc5sc6c(-c7ccc(-c8nc(-c9ccccc9)nc(-c9ccc%10sc%11ccccc%11c%10c9)n8)cc7)cccc6c5c4)oc3c2)cc1. The van der Waals surface area contributed by atoms with Crippen LogP contribution in [0.4, 0.5) is 0 Å². The van der Waals surface area contributed by atoms with Gasteiger partial charge in [-0.3, -0.25) is 0 Å². The van der Waals surface area contributed by atoms with Gasteiger partial charge >= 0.3 is 0 Å². The highest BCUT2D eigenvalue weighted by molar-refractivity contribution is 7.26. The zero-order valence-electron chi connectivity index (χ0n) is 31.3. The minimum absolute atomic E-state index is 0.621. The summed E-state index contributed by atoms with van der Waals surface area (Å²) >= 11 is 3.62. The summed E-state index contributed by atoms with van der Waals surface area (Å²) in [6.45, 7) is 0. The second-order valence-electron chi connectivity index (χ2n) is 14.6. The Morgan fingerprint density at radius 3 is 1.69 bits per heavy atom. The largest absolute Gasteiger partial charge is 0.436 e. The molecule has 0 spiro atoms. The summed E-state index contributed by atoms with van der Waals surface area (Å²) in [5.41, 5.74) is 10.00. The lowest BCUT2D eigenvalue weighted by atomic mass is 10.0. The predicted octanol–water partition coefficient (Wildman–Crippen LogP) is 14.8. The molecule has 5 nitrogen and oxygen atoms in total. The average Bonchev–Trinajstić information content (AvgIpc) is 4.02. The molecule has 12 rings (SSSR count). The maximum atomic E-state index is 6.37. The molecule has 59 heavy (non-hydrogen) atoms. The monoisotopic (exact) mass is 790 g/mol. The molecule has 276 valence electrons. The van der Waals surface area contributed by atoms with Gasteiger partial charge in [0.2, 0.25) is 5.89 Å². The number of nitrogens with zero attached hydrogens (tertiary/aromatic N) is 4. The third-order valence-corrected chi connectivity index (χ3v) is 13.4. The molecule has 12 aromatic rings. The van der Waals surface area contributed by atoms with E-state index < -0.39 is 0 Å². The number of aromatic nitrogens is 4. The van der Waals surface area contributed by atoms with Crippen molar-refractivity contribution in [1.82, 2.24) is 19.9 Å². The van der Waals surface area contributed by atoms with Gasteiger partial charge in [-0.25, -0.2) is 19.9 Å². The summed E-state index contributed by atoms with van der Waals surface area (Å²) < 4.78 is 11.3. The van der Waals surface area contributed by atoms with Crippen LogP contribution in [0.25, 0.3) is 119 Å². The minimum atomic E-state index is 0.621. The van der Waals surface area contributed by atoms with Crippen molar-refractivity contribution in [3.8, 4) is 67.9 Å². The minimum Gasteiger partial charge on any atom is -0.436 e. The Balaban J connectivity index is 0.904. The van der Waals surface area contributed by atoms with Crippen molar-refractivity contribution >= 4 is 74.1 Å². The van der Waals surface area contributed by atoms with E-state index in [2.05, 4.69) is 140 Å². The van der Waals surface area contributed by atoms with Crippen LogP contribution >= 0.6 is 22.7 Å². The summed E-state index contributed by atoms with van der Waals surface area (Å²) in [7, 11) is 0. The van der Waals surface area contributed by atoms with Crippen molar-refractivity contribution in [2.75, 3.05) is 0 Å². The second-order valence-corrected chi connectivity index (χ2v) is 16.8. The maximum absolute atomic E-state index is 6.37. The van der Waals surface area contributed by atoms with E-state index in [0.29, 0.717) is 23.4 Å². The van der Waals surface area contributed by atoms with Crippen molar-refractivity contribution in [3.05, 3.63) is 182 Å². The van der Waals surface area contributed by atoms with Crippen LogP contribution < -0.4 is 0 Å². The number of oxazole rings is 1. The van der Waals surface area contributed by atoms with Crippen LogP contribution in [-0.4, -0.2) is 19.9 Å². The van der Waals surface area contributed by atoms with Gasteiger partial charge in [0.15, 0.2) is 23.1 Å². The number of thiophene rings is 2. The van der Waals surface area contributed by atoms with Crippen LogP contribution in [0.1, 0.15) is 0 Å². The van der Waals surface area contributed by atoms with Gasteiger partial charge < -0.3 is 4.42 Å². The highest BCUT2D eigenvalue weighted by Gasteiger charge is 2.17. The fraction of sp³-hybridized carbons (Fsp3) is 0. The third-order valence-electron chi connectivity index (χ3n) is 11.0. The first-order valence-electron chi connectivity index (χ1n) is 19.4. The topological polar surface area (TPSA) is 64.7 Å². The first-order chi connectivity index (χ1) is 29.2. The first kappa shape index (κ1) is 33.8. The van der Waals surface area contributed by atoms with Crippen LogP contribution in [0.5, 0.6) is 0 Å². The van der Waals surface area contributed by atoms with E-state index in [-0.39, 0.29) is 0 Å². The van der Waals surface area contributed by atoms with E-state index in [4.69, 9.17) is 24.4 Å². The van der Waals surface area contributed by atoms with Crippen LogP contribution in [0.3, 0.4) is 0 Å². The van der Waals surface area contributed by atoms with Gasteiger partial charge in [0.05, 0.1) is 0 Å². The zero-order chi connectivity index (χ0) is 38.9. The van der Waals surface area contributed by atoms with Crippen molar-refractivity contribution in [2.45, 2.75) is 0 Å². The van der Waals surface area contributed by atoms with Gasteiger partial charge in [0.25, 0.3) is 0 Å². The first-order valence-corrected chi connectivity index (χ1v) is 21.1. The Bertz CT molecular complexity index is 3550. The molecule has 0 radical (unpaired) electrons. The Morgan fingerprint density at radius 1 is 0.339 bits per heavy atom. The number of hydrogen-bond donors (Lipinski definition) is 0. The molecule has 0 amide bonds. The zero-order valence-corrected chi connectivity index (χ0v) is 33.0. The molecule has 0 bridgehead atoms. The smallest absolute Gasteiger partial charge is 0.227 e. The highest BCUT2D eigenvalue weighted by atomic mass is 32.1. The second kappa shape index (κ2) is 13.7. The number of hydrogen-bond acceptors (Lipinski definition) is 7. The molecule has 0 aliphatic carbocycles. The van der Waals surface area contributed by atoms with E-state index in [1.54, 1.807) is 0 Å². The molecule has 7 heteroatoms. The van der Waals surface area contributed by atoms with Crippen LogP contribution in [0.2, 0.25) is 0 Å². The van der Waals surface area contributed by atoms with E-state index in [9.17, 15) is 0 Å². The Morgan fingerprint density at radius 2 is 0.898 bits per heavy atom.